The summed E-state index contributed by atoms with van der Waals surface area (Å²) in [5.74, 6) is -0.161. The number of anilines is 1. The number of carbonyl (C=O) groups is 1. The largest absolute Gasteiger partial charge is 0.383 e. The maximum absolute atomic E-state index is 12.2. The van der Waals surface area contributed by atoms with Gasteiger partial charge in [0.25, 0.3) is 5.91 Å². The second-order valence-electron chi connectivity index (χ2n) is 6.40. The minimum absolute atomic E-state index is 0.161. The van der Waals surface area contributed by atoms with Crippen LogP contribution in [0.25, 0.3) is 0 Å². The van der Waals surface area contributed by atoms with Gasteiger partial charge in [-0.05, 0) is 17.7 Å². The molecule has 0 atom stereocenters. The van der Waals surface area contributed by atoms with Crippen LogP contribution in [0.5, 0.6) is 0 Å². The first-order valence-electron chi connectivity index (χ1n) is 9.00. The van der Waals surface area contributed by atoms with Gasteiger partial charge in [-0.2, -0.15) is 0 Å². The van der Waals surface area contributed by atoms with E-state index < -0.39 is 0 Å². The number of hydrogen-bond acceptors (Lipinski definition) is 5. The van der Waals surface area contributed by atoms with E-state index in [1.54, 1.807) is 13.3 Å². The number of amides is 1. The molecular formula is C20H26N4O2. The summed E-state index contributed by atoms with van der Waals surface area (Å²) in [5.41, 5.74) is 2.85. The predicted molar refractivity (Wildman–Crippen MR) is 102 cm³/mol. The van der Waals surface area contributed by atoms with Crippen molar-refractivity contribution in [3.05, 3.63) is 59.9 Å². The third kappa shape index (κ3) is 5.03. The third-order valence-electron chi connectivity index (χ3n) is 4.55. The van der Waals surface area contributed by atoms with E-state index >= 15 is 0 Å². The predicted octanol–water partition coefficient (Wildman–Crippen LogP) is 1.78. The lowest BCUT2D eigenvalue weighted by Gasteiger charge is -2.36. The molecule has 26 heavy (non-hydrogen) atoms. The second kappa shape index (κ2) is 9.31. The van der Waals surface area contributed by atoms with Crippen LogP contribution >= 0.6 is 0 Å². The van der Waals surface area contributed by atoms with Gasteiger partial charge in [-0.3, -0.25) is 14.7 Å². The van der Waals surface area contributed by atoms with E-state index in [4.69, 9.17) is 4.74 Å². The summed E-state index contributed by atoms with van der Waals surface area (Å²) >= 11 is 0. The third-order valence-corrected chi connectivity index (χ3v) is 4.55. The highest BCUT2D eigenvalue weighted by Gasteiger charge is 2.18. The Morgan fingerprint density at radius 3 is 2.65 bits per heavy atom. The molecular weight excluding hydrogens is 328 g/mol. The van der Waals surface area contributed by atoms with Gasteiger partial charge in [0.1, 0.15) is 5.69 Å². The first kappa shape index (κ1) is 18.4. The average molecular weight is 354 g/mol. The molecule has 1 fully saturated rings. The van der Waals surface area contributed by atoms with Gasteiger partial charge in [-0.15, -0.1) is 0 Å². The zero-order valence-corrected chi connectivity index (χ0v) is 15.2. The Bertz CT molecular complexity index is 700. The molecule has 138 valence electrons. The minimum atomic E-state index is -0.161. The van der Waals surface area contributed by atoms with Crippen LogP contribution in [-0.2, 0) is 11.3 Å². The van der Waals surface area contributed by atoms with Gasteiger partial charge in [-0.25, -0.2) is 0 Å². The van der Waals surface area contributed by atoms with Gasteiger partial charge in [0.15, 0.2) is 0 Å². The number of ether oxygens (including phenoxy) is 1. The summed E-state index contributed by atoms with van der Waals surface area (Å²) in [6.45, 7) is 5.87. The highest BCUT2D eigenvalue weighted by atomic mass is 16.5. The number of piperazine rings is 1. The quantitative estimate of drug-likeness (QED) is 0.768. The van der Waals surface area contributed by atoms with Crippen molar-refractivity contribution >= 4 is 11.6 Å². The van der Waals surface area contributed by atoms with Crippen LogP contribution < -0.4 is 10.2 Å². The van der Waals surface area contributed by atoms with E-state index in [0.29, 0.717) is 18.8 Å². The number of nitrogens with zero attached hydrogens (tertiary/aromatic N) is 3. The van der Waals surface area contributed by atoms with Crippen molar-refractivity contribution in [1.82, 2.24) is 15.2 Å². The normalized spacial score (nSPS) is 15.0. The molecule has 0 bridgehead atoms. The number of rotatable bonds is 7. The molecule has 0 radical (unpaired) electrons. The Morgan fingerprint density at radius 1 is 1.15 bits per heavy atom. The van der Waals surface area contributed by atoms with Gasteiger partial charge in [0, 0.05) is 58.3 Å². The van der Waals surface area contributed by atoms with Crippen molar-refractivity contribution in [2.45, 2.75) is 6.54 Å². The lowest BCUT2D eigenvalue weighted by molar-refractivity contribution is 0.0932. The summed E-state index contributed by atoms with van der Waals surface area (Å²) in [6.07, 6.45) is 1.71. The molecule has 1 saturated heterocycles. The fourth-order valence-corrected chi connectivity index (χ4v) is 3.10. The molecule has 1 N–H and O–H groups in total. The fourth-order valence-electron chi connectivity index (χ4n) is 3.10. The van der Waals surface area contributed by atoms with Crippen molar-refractivity contribution in [2.24, 2.45) is 0 Å². The first-order chi connectivity index (χ1) is 12.8. The molecule has 1 aromatic heterocycles. The number of pyridine rings is 1. The lowest BCUT2D eigenvalue weighted by Crippen LogP contribution is -2.46. The second-order valence-corrected chi connectivity index (χ2v) is 6.40. The molecule has 0 unspecified atom stereocenters. The van der Waals surface area contributed by atoms with E-state index in [1.165, 1.54) is 5.56 Å². The van der Waals surface area contributed by atoms with E-state index in [0.717, 1.165) is 38.4 Å². The average Bonchev–Trinajstić information content (AvgIpc) is 2.69. The number of aromatic nitrogens is 1. The van der Waals surface area contributed by atoms with Crippen molar-refractivity contribution in [2.75, 3.05) is 51.3 Å². The topological polar surface area (TPSA) is 57.7 Å². The van der Waals surface area contributed by atoms with Gasteiger partial charge in [0.2, 0.25) is 0 Å². The Morgan fingerprint density at radius 2 is 1.92 bits per heavy atom. The zero-order valence-electron chi connectivity index (χ0n) is 15.2. The van der Waals surface area contributed by atoms with Crippen LogP contribution in [0.2, 0.25) is 0 Å². The van der Waals surface area contributed by atoms with E-state index in [1.807, 2.05) is 18.2 Å². The molecule has 1 amide bonds. The summed E-state index contributed by atoms with van der Waals surface area (Å²) in [5, 5.41) is 2.81. The van der Waals surface area contributed by atoms with Gasteiger partial charge in [0.05, 0.1) is 6.61 Å². The highest BCUT2D eigenvalue weighted by Crippen LogP contribution is 2.18. The van der Waals surface area contributed by atoms with Crippen molar-refractivity contribution < 1.29 is 9.53 Å². The van der Waals surface area contributed by atoms with Crippen molar-refractivity contribution in [1.29, 1.82) is 0 Å². The first-order valence-corrected chi connectivity index (χ1v) is 9.00. The fraction of sp³-hybridized carbons (Fsp3) is 0.400. The highest BCUT2D eigenvalue weighted by molar-refractivity contribution is 5.93. The van der Waals surface area contributed by atoms with Crippen LogP contribution in [0.15, 0.2) is 48.7 Å². The van der Waals surface area contributed by atoms with E-state index in [-0.39, 0.29) is 5.91 Å². The molecule has 0 spiro atoms. The van der Waals surface area contributed by atoms with E-state index in [9.17, 15) is 4.79 Å². The number of benzene rings is 1. The smallest absolute Gasteiger partial charge is 0.270 e. The molecule has 1 aliphatic heterocycles. The summed E-state index contributed by atoms with van der Waals surface area (Å²) in [4.78, 5) is 21.1. The van der Waals surface area contributed by atoms with Gasteiger partial charge < -0.3 is 15.0 Å². The van der Waals surface area contributed by atoms with Crippen LogP contribution in [0.1, 0.15) is 16.1 Å². The maximum Gasteiger partial charge on any atom is 0.270 e. The SMILES string of the molecule is COCCNC(=O)c1cc(N2CCN(Cc3ccccc3)CC2)ccn1. The minimum Gasteiger partial charge on any atom is -0.383 e. The molecule has 0 aliphatic carbocycles. The molecule has 1 aliphatic rings. The number of hydrogen-bond donors (Lipinski definition) is 1. The maximum atomic E-state index is 12.2. The summed E-state index contributed by atoms with van der Waals surface area (Å²) < 4.78 is 4.95. The Hall–Kier alpha value is -2.44. The standard InChI is InChI=1S/C20H26N4O2/c1-26-14-9-22-20(25)19-15-18(7-8-21-19)24-12-10-23(11-13-24)16-17-5-3-2-4-6-17/h2-8,15H,9-14,16H2,1H3,(H,22,25). The molecule has 0 saturated carbocycles. The monoisotopic (exact) mass is 354 g/mol. The van der Waals surface area contributed by atoms with Crippen LogP contribution in [0.4, 0.5) is 5.69 Å². The molecule has 2 aromatic rings. The van der Waals surface area contributed by atoms with Gasteiger partial charge >= 0.3 is 0 Å². The molecule has 1 aromatic carbocycles. The number of nitrogens with one attached hydrogen (secondary N) is 1. The van der Waals surface area contributed by atoms with Crippen molar-refractivity contribution in [3.8, 4) is 0 Å². The summed E-state index contributed by atoms with van der Waals surface area (Å²) in [6, 6.07) is 14.4. The van der Waals surface area contributed by atoms with E-state index in [2.05, 4.69) is 44.4 Å². The number of methoxy groups -OCH3 is 1. The lowest BCUT2D eigenvalue weighted by atomic mass is 10.2. The van der Waals surface area contributed by atoms with Crippen LogP contribution in [0, 0.1) is 0 Å². The van der Waals surface area contributed by atoms with Crippen LogP contribution in [0.3, 0.4) is 0 Å². The molecule has 6 nitrogen and oxygen atoms in total. The van der Waals surface area contributed by atoms with Gasteiger partial charge in [-0.1, -0.05) is 30.3 Å². The Kier molecular flexibility index (Phi) is 6.57. The number of carbonyl (C=O) groups excluding carboxylic acids is 1. The van der Waals surface area contributed by atoms with Crippen LogP contribution in [-0.4, -0.2) is 62.2 Å². The Balaban J connectivity index is 1.54. The molecule has 6 heteroatoms. The Labute approximate surface area is 154 Å². The molecule has 3 rings (SSSR count). The summed E-state index contributed by atoms with van der Waals surface area (Å²) in [7, 11) is 1.61. The van der Waals surface area contributed by atoms with Crippen molar-refractivity contribution in [3.63, 3.8) is 0 Å². The molecule has 2 heterocycles. The zero-order chi connectivity index (χ0) is 18.2.